The van der Waals surface area contributed by atoms with Crippen LogP contribution in [0.4, 0.5) is 10.1 Å². The second kappa shape index (κ2) is 8.62. The van der Waals surface area contributed by atoms with Crippen LogP contribution in [0.25, 0.3) is 0 Å². The molecule has 0 bridgehead atoms. The number of hydrogen-bond acceptors (Lipinski definition) is 4. The number of rotatable bonds is 6. The molecule has 0 aliphatic carbocycles. The first-order valence-electron chi connectivity index (χ1n) is 10.0. The first kappa shape index (κ1) is 20.6. The third-order valence-corrected chi connectivity index (χ3v) is 7.38. The highest BCUT2D eigenvalue weighted by molar-refractivity contribution is 7.92. The summed E-state index contributed by atoms with van der Waals surface area (Å²) in [7, 11) is -3.78. The van der Waals surface area contributed by atoms with Crippen molar-refractivity contribution in [2.75, 3.05) is 17.4 Å². The molecule has 0 radical (unpaired) electrons. The first-order chi connectivity index (χ1) is 14.4. The van der Waals surface area contributed by atoms with E-state index in [9.17, 15) is 12.8 Å². The van der Waals surface area contributed by atoms with E-state index in [0.717, 1.165) is 30.8 Å². The van der Waals surface area contributed by atoms with E-state index in [-0.39, 0.29) is 16.8 Å². The maximum atomic E-state index is 13.6. The number of sulfonamides is 1. The molecule has 30 heavy (non-hydrogen) atoms. The molecule has 3 aromatic rings. The minimum absolute atomic E-state index is 0.193. The van der Waals surface area contributed by atoms with Gasteiger partial charge in [0.2, 0.25) is 0 Å². The minimum Gasteiger partial charge on any atom is -0.472 e. The molecule has 1 aromatic heterocycles. The van der Waals surface area contributed by atoms with Crippen LogP contribution < -0.4 is 4.31 Å². The molecule has 0 atom stereocenters. The van der Waals surface area contributed by atoms with Crippen LogP contribution in [0.5, 0.6) is 0 Å². The van der Waals surface area contributed by atoms with E-state index in [4.69, 9.17) is 4.42 Å². The summed E-state index contributed by atoms with van der Waals surface area (Å²) < 4.78 is 47.4. The van der Waals surface area contributed by atoms with E-state index in [1.54, 1.807) is 42.9 Å². The van der Waals surface area contributed by atoms with Gasteiger partial charge in [-0.2, -0.15) is 0 Å². The topological polar surface area (TPSA) is 53.8 Å². The van der Waals surface area contributed by atoms with E-state index in [1.165, 1.54) is 16.4 Å². The number of likely N-dealkylation sites (tertiary alicyclic amines) is 1. The maximum Gasteiger partial charge on any atom is 0.264 e. The Morgan fingerprint density at radius 1 is 1.10 bits per heavy atom. The van der Waals surface area contributed by atoms with Gasteiger partial charge in [-0.25, -0.2) is 12.8 Å². The standard InChI is InChI=1S/C23H25FN2O3S/c1-18-3-2-4-23(15-18)30(27,28)26(21-7-5-20(24)6-8-21)22-9-12-25(13-10-22)16-19-11-14-29-17-19/h2-8,11,14-15,17,22H,9-10,12-13,16H2,1H3. The zero-order valence-corrected chi connectivity index (χ0v) is 17.7. The molecule has 1 aliphatic heterocycles. The van der Waals surface area contributed by atoms with Crippen LogP contribution in [0.3, 0.4) is 0 Å². The Labute approximate surface area is 176 Å². The fourth-order valence-electron chi connectivity index (χ4n) is 3.98. The van der Waals surface area contributed by atoms with Crippen LogP contribution in [0.2, 0.25) is 0 Å². The fourth-order valence-corrected chi connectivity index (χ4v) is 5.79. The van der Waals surface area contributed by atoms with E-state index in [1.807, 2.05) is 19.1 Å². The number of anilines is 1. The molecule has 0 saturated carbocycles. The van der Waals surface area contributed by atoms with Crippen LogP contribution in [0, 0.1) is 12.7 Å². The molecule has 0 unspecified atom stereocenters. The molecule has 0 amide bonds. The Kier molecular flexibility index (Phi) is 5.92. The van der Waals surface area contributed by atoms with Crippen LogP contribution in [0.1, 0.15) is 24.0 Å². The van der Waals surface area contributed by atoms with Gasteiger partial charge in [0.15, 0.2) is 0 Å². The molecule has 2 aromatic carbocycles. The molecule has 0 N–H and O–H groups in total. The molecule has 1 aliphatic rings. The van der Waals surface area contributed by atoms with Crippen molar-refractivity contribution in [1.82, 2.24) is 4.90 Å². The molecular formula is C23H25FN2O3S. The van der Waals surface area contributed by atoms with Gasteiger partial charge < -0.3 is 4.42 Å². The lowest BCUT2D eigenvalue weighted by atomic mass is 10.0. The number of hydrogen-bond donors (Lipinski definition) is 0. The van der Waals surface area contributed by atoms with Gasteiger partial charge in [-0.1, -0.05) is 12.1 Å². The van der Waals surface area contributed by atoms with E-state index in [2.05, 4.69) is 4.90 Å². The molecule has 5 nitrogen and oxygen atoms in total. The van der Waals surface area contributed by atoms with Gasteiger partial charge in [0.1, 0.15) is 5.82 Å². The van der Waals surface area contributed by atoms with Gasteiger partial charge in [0.05, 0.1) is 23.1 Å². The number of halogens is 1. The number of benzene rings is 2. The summed E-state index contributed by atoms with van der Waals surface area (Å²) in [4.78, 5) is 2.55. The lowest BCUT2D eigenvalue weighted by Gasteiger charge is -2.39. The Morgan fingerprint density at radius 2 is 1.83 bits per heavy atom. The Hall–Kier alpha value is -2.64. The van der Waals surface area contributed by atoms with Gasteiger partial charge in [-0.15, -0.1) is 0 Å². The van der Waals surface area contributed by atoms with Crippen molar-refractivity contribution in [1.29, 1.82) is 0 Å². The average Bonchev–Trinajstić information content (AvgIpc) is 3.24. The predicted molar refractivity (Wildman–Crippen MR) is 114 cm³/mol. The van der Waals surface area contributed by atoms with Crippen molar-refractivity contribution in [3.8, 4) is 0 Å². The SMILES string of the molecule is Cc1cccc(S(=O)(=O)N(c2ccc(F)cc2)C2CCN(Cc3ccoc3)CC2)c1. The molecule has 7 heteroatoms. The second-order valence-corrected chi connectivity index (χ2v) is 9.55. The van der Waals surface area contributed by atoms with E-state index >= 15 is 0 Å². The van der Waals surface area contributed by atoms with Gasteiger partial charge in [-0.05, 0) is 67.8 Å². The highest BCUT2D eigenvalue weighted by atomic mass is 32.2. The molecule has 1 saturated heterocycles. The quantitative estimate of drug-likeness (QED) is 0.576. The van der Waals surface area contributed by atoms with Crippen LogP contribution in [0.15, 0.2) is 76.4 Å². The van der Waals surface area contributed by atoms with Crippen molar-refractivity contribution in [3.63, 3.8) is 0 Å². The lowest BCUT2D eigenvalue weighted by molar-refractivity contribution is 0.206. The Balaban J connectivity index is 1.61. The molecule has 158 valence electrons. The van der Waals surface area contributed by atoms with Gasteiger partial charge >= 0.3 is 0 Å². The van der Waals surface area contributed by atoms with Crippen LogP contribution >= 0.6 is 0 Å². The molecular weight excluding hydrogens is 403 g/mol. The summed E-state index contributed by atoms with van der Waals surface area (Å²) in [5.41, 5.74) is 2.48. The summed E-state index contributed by atoms with van der Waals surface area (Å²) in [5.74, 6) is -0.387. The van der Waals surface area contributed by atoms with E-state index < -0.39 is 10.0 Å². The highest BCUT2D eigenvalue weighted by Gasteiger charge is 2.34. The normalized spacial score (nSPS) is 15.9. The van der Waals surface area contributed by atoms with E-state index in [0.29, 0.717) is 18.5 Å². The zero-order valence-electron chi connectivity index (χ0n) is 16.9. The van der Waals surface area contributed by atoms with Crippen LogP contribution in [-0.4, -0.2) is 32.4 Å². The molecule has 2 heterocycles. The Bertz CT molecular complexity index is 1070. The largest absolute Gasteiger partial charge is 0.472 e. The van der Waals surface area contributed by atoms with Gasteiger partial charge in [0, 0.05) is 31.2 Å². The van der Waals surface area contributed by atoms with Crippen molar-refractivity contribution >= 4 is 15.7 Å². The van der Waals surface area contributed by atoms with Crippen molar-refractivity contribution in [2.45, 2.75) is 37.2 Å². The Morgan fingerprint density at radius 3 is 2.47 bits per heavy atom. The molecule has 4 rings (SSSR count). The number of nitrogens with zero attached hydrogens (tertiary/aromatic N) is 2. The number of furan rings is 1. The predicted octanol–water partition coefficient (Wildman–Crippen LogP) is 4.59. The summed E-state index contributed by atoms with van der Waals surface area (Å²) in [6, 6.07) is 14.4. The minimum atomic E-state index is -3.78. The first-order valence-corrected chi connectivity index (χ1v) is 11.5. The van der Waals surface area contributed by atoms with Crippen molar-refractivity contribution < 1.29 is 17.2 Å². The number of piperidine rings is 1. The van der Waals surface area contributed by atoms with Crippen molar-refractivity contribution in [2.24, 2.45) is 0 Å². The number of aryl methyl sites for hydroxylation is 1. The summed E-state index contributed by atoms with van der Waals surface area (Å²) in [6.45, 7) is 4.20. The van der Waals surface area contributed by atoms with Crippen molar-refractivity contribution in [3.05, 3.63) is 84.1 Å². The van der Waals surface area contributed by atoms with Gasteiger partial charge in [-0.3, -0.25) is 9.21 Å². The fraction of sp³-hybridized carbons (Fsp3) is 0.304. The third-order valence-electron chi connectivity index (χ3n) is 5.50. The van der Waals surface area contributed by atoms with Crippen LogP contribution in [-0.2, 0) is 16.6 Å². The summed E-state index contributed by atoms with van der Waals surface area (Å²) >= 11 is 0. The second-order valence-electron chi connectivity index (χ2n) is 7.73. The monoisotopic (exact) mass is 428 g/mol. The molecule has 1 fully saturated rings. The maximum absolute atomic E-state index is 13.6. The smallest absolute Gasteiger partial charge is 0.264 e. The summed E-state index contributed by atoms with van der Waals surface area (Å²) in [6.07, 6.45) is 4.78. The third kappa shape index (κ3) is 4.42. The lowest BCUT2D eigenvalue weighted by Crippen LogP contribution is -2.47. The summed E-state index contributed by atoms with van der Waals surface area (Å²) in [5, 5.41) is 0. The average molecular weight is 429 g/mol. The zero-order chi connectivity index (χ0) is 21.1. The highest BCUT2D eigenvalue weighted by Crippen LogP contribution is 2.31. The molecule has 0 spiro atoms. The van der Waals surface area contributed by atoms with Gasteiger partial charge in [0.25, 0.3) is 10.0 Å².